The van der Waals surface area contributed by atoms with Gasteiger partial charge in [0.15, 0.2) is 0 Å². The first-order chi connectivity index (χ1) is 5.49. The zero-order valence-electron chi connectivity index (χ0n) is 6.22. The largest absolute Gasteiger partial charge is 0.394 e. The van der Waals surface area contributed by atoms with E-state index in [-0.39, 0.29) is 0 Å². The monoisotopic (exact) mass is 188 g/mol. The number of nitrogens with zero attached hydrogens (tertiary/aromatic N) is 2. The Morgan fingerprint density at radius 1 is 1.42 bits per heavy atom. The Morgan fingerprint density at radius 2 is 1.92 bits per heavy atom. The smallest absolute Gasteiger partial charge is 0.116 e. The van der Waals surface area contributed by atoms with E-state index in [2.05, 4.69) is 0 Å². The van der Waals surface area contributed by atoms with Gasteiger partial charge in [0.2, 0.25) is 0 Å². The lowest BCUT2D eigenvalue weighted by atomic mass is 10.3. The molecular formula is C5H8F4N2O. The molecule has 0 radical (unpaired) electrons. The summed E-state index contributed by atoms with van der Waals surface area (Å²) >= 11 is 0. The summed E-state index contributed by atoms with van der Waals surface area (Å²) < 4.78 is 46.6. The molecular weight excluding hydrogens is 180 g/mol. The van der Waals surface area contributed by atoms with Crippen molar-refractivity contribution in [2.24, 2.45) is 0 Å². The zero-order chi connectivity index (χ0) is 9.72. The molecule has 0 aromatic carbocycles. The molecule has 0 spiro atoms. The lowest BCUT2D eigenvalue weighted by molar-refractivity contribution is -0.184. The number of allylic oxidation sites excluding steroid dienone is 1. The van der Waals surface area contributed by atoms with E-state index in [0.717, 1.165) is 6.92 Å². The van der Waals surface area contributed by atoms with Crippen LogP contribution in [0.2, 0.25) is 0 Å². The predicted molar refractivity (Wildman–Crippen MR) is 32.7 cm³/mol. The van der Waals surface area contributed by atoms with Gasteiger partial charge in [-0.25, -0.2) is 0 Å². The molecule has 0 aliphatic carbocycles. The number of rotatable bonds is 4. The van der Waals surface area contributed by atoms with E-state index in [1.165, 1.54) is 0 Å². The highest BCUT2D eigenvalue weighted by molar-refractivity contribution is 4.98. The van der Waals surface area contributed by atoms with Gasteiger partial charge >= 0.3 is 0 Å². The Labute approximate surface area is 66.2 Å². The summed E-state index contributed by atoms with van der Waals surface area (Å²) in [5.74, 6) is 0. The van der Waals surface area contributed by atoms with Gasteiger partial charge in [0.25, 0.3) is 0 Å². The van der Waals surface area contributed by atoms with E-state index in [9.17, 15) is 17.9 Å². The topological polar surface area (TPSA) is 26.7 Å². The molecule has 0 heterocycles. The van der Waals surface area contributed by atoms with Crippen molar-refractivity contribution in [2.75, 3.05) is 6.61 Å². The molecule has 0 rings (SSSR count). The third kappa shape index (κ3) is 3.54. The maximum atomic E-state index is 11.7. The fraction of sp³-hybridized carbons (Fsp3) is 0.600. The van der Waals surface area contributed by atoms with Crippen molar-refractivity contribution in [3.05, 3.63) is 11.8 Å². The molecule has 7 heteroatoms. The Morgan fingerprint density at radius 3 is 2.17 bits per heavy atom. The van der Waals surface area contributed by atoms with Crippen molar-refractivity contribution in [3.63, 3.8) is 0 Å². The van der Waals surface area contributed by atoms with Crippen molar-refractivity contribution in [2.45, 2.75) is 13.0 Å². The fourth-order valence-corrected chi connectivity index (χ4v) is 0.506. The number of halogens is 4. The van der Waals surface area contributed by atoms with Gasteiger partial charge in [-0.1, -0.05) is 8.96 Å². The van der Waals surface area contributed by atoms with E-state index in [1.54, 1.807) is 0 Å². The summed E-state index contributed by atoms with van der Waals surface area (Å²) in [7, 11) is 0. The molecule has 1 atom stereocenters. The van der Waals surface area contributed by atoms with E-state index in [0.29, 0.717) is 6.08 Å². The van der Waals surface area contributed by atoms with Gasteiger partial charge in [0.05, 0.1) is 12.3 Å². The third-order valence-electron chi connectivity index (χ3n) is 1.14. The van der Waals surface area contributed by atoms with E-state index in [1.807, 2.05) is 0 Å². The van der Waals surface area contributed by atoms with Crippen LogP contribution in [0.4, 0.5) is 17.9 Å². The first-order valence-corrected chi connectivity index (χ1v) is 3.00. The Kier molecular flexibility index (Phi) is 4.60. The minimum absolute atomic E-state index is 0.556. The molecule has 0 saturated heterocycles. The Bertz CT molecular complexity index is 162. The van der Waals surface area contributed by atoms with Crippen molar-refractivity contribution >= 4 is 0 Å². The fourth-order valence-electron chi connectivity index (χ4n) is 0.506. The van der Waals surface area contributed by atoms with Gasteiger partial charge in [0, 0.05) is 5.34 Å². The molecule has 0 amide bonds. The summed E-state index contributed by atoms with van der Waals surface area (Å²) in [6, 6.07) is -1.70. The Hall–Kier alpha value is -0.820. The average molecular weight is 188 g/mol. The molecule has 0 aliphatic rings. The van der Waals surface area contributed by atoms with Crippen molar-refractivity contribution < 1.29 is 23.0 Å². The number of aliphatic hydroxyl groups is 1. The van der Waals surface area contributed by atoms with Gasteiger partial charge in [-0.15, -0.1) is 8.96 Å². The van der Waals surface area contributed by atoms with Crippen LogP contribution in [-0.2, 0) is 0 Å². The first-order valence-electron chi connectivity index (χ1n) is 3.00. The van der Waals surface area contributed by atoms with Gasteiger partial charge < -0.3 is 5.11 Å². The van der Waals surface area contributed by atoms with Crippen LogP contribution in [0.1, 0.15) is 6.92 Å². The predicted octanol–water partition coefficient (Wildman–Crippen LogP) is 1.39. The second kappa shape index (κ2) is 4.94. The SMILES string of the molecule is CC(=CC(CO)N(F)F)N(F)F. The minimum atomic E-state index is -1.70. The van der Waals surface area contributed by atoms with Gasteiger partial charge in [-0.05, 0) is 18.3 Å². The highest BCUT2D eigenvalue weighted by Gasteiger charge is 2.16. The summed E-state index contributed by atoms with van der Waals surface area (Å²) in [5, 5.41) is 5.66. The van der Waals surface area contributed by atoms with Crippen LogP contribution in [-0.4, -0.2) is 28.4 Å². The molecule has 12 heavy (non-hydrogen) atoms. The van der Waals surface area contributed by atoms with Crippen LogP contribution in [0.5, 0.6) is 0 Å². The molecule has 0 aliphatic heterocycles. The maximum absolute atomic E-state index is 11.7. The minimum Gasteiger partial charge on any atom is -0.394 e. The third-order valence-corrected chi connectivity index (χ3v) is 1.14. The number of hydrogen-bond acceptors (Lipinski definition) is 3. The Balaban J connectivity index is 4.25. The molecule has 0 aromatic rings. The zero-order valence-corrected chi connectivity index (χ0v) is 6.22. The molecule has 1 N–H and O–H groups in total. The quantitative estimate of drug-likeness (QED) is 0.533. The van der Waals surface area contributed by atoms with Gasteiger partial charge in [-0.2, -0.15) is 0 Å². The van der Waals surface area contributed by atoms with Crippen molar-refractivity contribution in [3.8, 4) is 0 Å². The normalized spacial score (nSPS) is 15.1. The molecule has 0 fully saturated rings. The van der Waals surface area contributed by atoms with Crippen molar-refractivity contribution in [1.82, 2.24) is 10.7 Å². The molecule has 0 saturated carbocycles. The maximum Gasteiger partial charge on any atom is 0.116 e. The molecule has 72 valence electrons. The summed E-state index contributed by atoms with van der Waals surface area (Å²) in [4.78, 5) is 0. The van der Waals surface area contributed by atoms with Crippen LogP contribution in [0.25, 0.3) is 0 Å². The second-order valence-electron chi connectivity index (χ2n) is 2.05. The second-order valence-corrected chi connectivity index (χ2v) is 2.05. The highest BCUT2D eigenvalue weighted by atomic mass is 19.4. The highest BCUT2D eigenvalue weighted by Crippen LogP contribution is 2.09. The van der Waals surface area contributed by atoms with Crippen LogP contribution in [0, 0.1) is 0 Å². The van der Waals surface area contributed by atoms with E-state index in [4.69, 9.17) is 5.11 Å². The summed E-state index contributed by atoms with van der Waals surface area (Å²) in [5.41, 5.74) is -0.644. The summed E-state index contributed by atoms with van der Waals surface area (Å²) in [6.45, 7) is 0.0321. The molecule has 1 unspecified atom stereocenters. The lowest BCUT2D eigenvalue weighted by Crippen LogP contribution is -2.24. The van der Waals surface area contributed by atoms with Gasteiger partial charge in [0.1, 0.15) is 6.04 Å². The van der Waals surface area contributed by atoms with E-state index >= 15 is 0 Å². The lowest BCUT2D eigenvalue weighted by Gasteiger charge is -2.10. The average Bonchev–Trinajstić information content (AvgIpc) is 1.98. The molecule has 0 bridgehead atoms. The van der Waals surface area contributed by atoms with Crippen LogP contribution in [0.15, 0.2) is 11.8 Å². The molecule has 3 nitrogen and oxygen atoms in total. The molecule has 0 aromatic heterocycles. The summed E-state index contributed by atoms with van der Waals surface area (Å²) in [6.07, 6.45) is 0.556. The standard InChI is InChI=1S/C5H8F4N2O/c1-4(10(6)7)2-5(3-12)11(8)9/h2,5,12H,3H2,1H3. The van der Waals surface area contributed by atoms with Crippen LogP contribution in [0.3, 0.4) is 0 Å². The first kappa shape index (κ1) is 11.2. The number of aliphatic hydroxyl groups excluding tert-OH is 1. The number of hydrogen-bond donors (Lipinski definition) is 1. The van der Waals surface area contributed by atoms with Crippen molar-refractivity contribution in [1.29, 1.82) is 0 Å². The van der Waals surface area contributed by atoms with Gasteiger partial charge in [-0.3, -0.25) is 0 Å². The van der Waals surface area contributed by atoms with Crippen LogP contribution >= 0.6 is 0 Å². The van der Waals surface area contributed by atoms with Crippen LogP contribution < -0.4 is 0 Å². The van der Waals surface area contributed by atoms with E-state index < -0.39 is 29.0 Å².